The smallest absolute Gasteiger partial charge is 0.244 e. The molecule has 0 aromatic carbocycles. The van der Waals surface area contributed by atoms with E-state index in [4.69, 9.17) is 10.9 Å². The summed E-state index contributed by atoms with van der Waals surface area (Å²) in [5.41, 5.74) is 6.15. The molecule has 0 fully saturated rings. The first-order valence-corrected chi connectivity index (χ1v) is 5.51. The highest BCUT2D eigenvalue weighted by Crippen LogP contribution is 2.19. The number of hydrogen-bond donors (Lipinski definition) is 4. The number of amides is 2. The van der Waals surface area contributed by atoms with Crippen molar-refractivity contribution >= 4 is 11.8 Å². The molecule has 0 spiro atoms. The van der Waals surface area contributed by atoms with E-state index >= 15 is 0 Å². The maximum atomic E-state index is 12.0. The number of nitrogens with two attached hydrogens (primary N) is 1. The molecule has 0 aliphatic rings. The number of hydrogen-bond acceptors (Lipinski definition) is 4. The topological polar surface area (TPSA) is 104 Å². The van der Waals surface area contributed by atoms with E-state index < -0.39 is 22.9 Å². The van der Waals surface area contributed by atoms with Gasteiger partial charge in [0, 0.05) is 17.5 Å². The molecule has 0 aromatic heterocycles. The number of rotatable bonds is 4. The molecule has 17 heavy (non-hydrogen) atoms. The number of nitrogens with one attached hydrogen (secondary N) is 2. The van der Waals surface area contributed by atoms with Crippen LogP contribution in [0.25, 0.3) is 0 Å². The van der Waals surface area contributed by atoms with Gasteiger partial charge in [-0.15, -0.1) is 0 Å². The third-order valence-corrected chi connectivity index (χ3v) is 2.23. The standard InChI is InChI=1S/C11H23N3O3/c1-10(2,3)13-9(16)7(11(4,5)12)6-8(15)14-17/h7,17H,6,12H2,1-5H3,(H,13,16)(H,14,15). The van der Waals surface area contributed by atoms with Crippen LogP contribution in [0, 0.1) is 5.92 Å². The Bertz CT molecular complexity index is 289. The van der Waals surface area contributed by atoms with Crippen LogP contribution in [0.2, 0.25) is 0 Å². The van der Waals surface area contributed by atoms with Gasteiger partial charge in [-0.25, -0.2) is 5.48 Å². The Morgan fingerprint density at radius 1 is 1.24 bits per heavy atom. The summed E-state index contributed by atoms with van der Waals surface area (Å²) in [5.74, 6) is -1.62. The Morgan fingerprint density at radius 3 is 2.00 bits per heavy atom. The molecular weight excluding hydrogens is 222 g/mol. The van der Waals surface area contributed by atoms with Gasteiger partial charge >= 0.3 is 0 Å². The molecule has 0 aliphatic heterocycles. The van der Waals surface area contributed by atoms with Crippen LogP contribution in [-0.4, -0.2) is 28.1 Å². The van der Waals surface area contributed by atoms with Crippen molar-refractivity contribution in [3.05, 3.63) is 0 Å². The number of carbonyl (C=O) groups excluding carboxylic acids is 2. The van der Waals surface area contributed by atoms with Gasteiger partial charge in [-0.2, -0.15) is 0 Å². The molecule has 100 valence electrons. The second-order valence-electron chi connectivity index (χ2n) is 5.85. The first-order valence-electron chi connectivity index (χ1n) is 5.51. The molecule has 0 saturated carbocycles. The van der Waals surface area contributed by atoms with E-state index in [0.717, 1.165) is 0 Å². The summed E-state index contributed by atoms with van der Waals surface area (Å²) in [7, 11) is 0. The molecule has 0 bridgehead atoms. The molecule has 5 N–H and O–H groups in total. The Balaban J connectivity index is 4.82. The van der Waals surface area contributed by atoms with E-state index in [0.29, 0.717) is 0 Å². The molecule has 0 aromatic rings. The minimum atomic E-state index is -0.845. The van der Waals surface area contributed by atoms with Gasteiger partial charge in [0.15, 0.2) is 0 Å². The first kappa shape index (κ1) is 15.9. The molecule has 0 aliphatic carbocycles. The third-order valence-electron chi connectivity index (χ3n) is 2.23. The molecular formula is C11H23N3O3. The van der Waals surface area contributed by atoms with E-state index in [1.54, 1.807) is 13.8 Å². The Morgan fingerprint density at radius 2 is 1.71 bits per heavy atom. The fourth-order valence-corrected chi connectivity index (χ4v) is 1.38. The second kappa shape index (κ2) is 5.46. The van der Waals surface area contributed by atoms with Gasteiger partial charge in [-0.1, -0.05) is 0 Å². The normalized spacial score (nSPS) is 14.1. The summed E-state index contributed by atoms with van der Waals surface area (Å²) < 4.78 is 0. The van der Waals surface area contributed by atoms with Crippen molar-refractivity contribution in [1.82, 2.24) is 10.8 Å². The monoisotopic (exact) mass is 245 g/mol. The van der Waals surface area contributed by atoms with Crippen LogP contribution in [0.5, 0.6) is 0 Å². The molecule has 6 heteroatoms. The van der Waals surface area contributed by atoms with Crippen molar-refractivity contribution in [1.29, 1.82) is 0 Å². The van der Waals surface area contributed by atoms with E-state index in [1.807, 2.05) is 20.8 Å². The van der Waals surface area contributed by atoms with Crippen molar-refractivity contribution in [2.24, 2.45) is 11.7 Å². The van der Waals surface area contributed by atoms with Gasteiger partial charge in [-0.05, 0) is 34.6 Å². The summed E-state index contributed by atoms with van der Waals surface area (Å²) in [6.07, 6.45) is -0.151. The lowest BCUT2D eigenvalue weighted by atomic mass is 9.84. The minimum Gasteiger partial charge on any atom is -0.351 e. The van der Waals surface area contributed by atoms with E-state index in [-0.39, 0.29) is 12.3 Å². The number of hydroxylamine groups is 1. The fraction of sp³-hybridized carbons (Fsp3) is 0.818. The Hall–Kier alpha value is -1.14. The zero-order chi connectivity index (χ0) is 13.9. The lowest BCUT2D eigenvalue weighted by molar-refractivity contribution is -0.137. The summed E-state index contributed by atoms with van der Waals surface area (Å²) in [4.78, 5) is 23.1. The molecule has 1 unspecified atom stereocenters. The lowest BCUT2D eigenvalue weighted by Crippen LogP contribution is -2.54. The highest BCUT2D eigenvalue weighted by atomic mass is 16.5. The quantitative estimate of drug-likeness (QED) is 0.418. The average Bonchev–Trinajstić information content (AvgIpc) is 2.08. The summed E-state index contributed by atoms with van der Waals surface area (Å²) in [6.45, 7) is 8.88. The maximum absolute atomic E-state index is 12.0. The van der Waals surface area contributed by atoms with Gasteiger partial charge in [0.1, 0.15) is 0 Å². The average molecular weight is 245 g/mol. The van der Waals surface area contributed by atoms with Crippen LogP contribution in [0.15, 0.2) is 0 Å². The zero-order valence-electron chi connectivity index (χ0n) is 11.1. The van der Waals surface area contributed by atoms with Crippen LogP contribution < -0.4 is 16.5 Å². The van der Waals surface area contributed by atoms with Gasteiger partial charge < -0.3 is 11.1 Å². The van der Waals surface area contributed by atoms with Crippen molar-refractivity contribution in [2.45, 2.75) is 52.1 Å². The van der Waals surface area contributed by atoms with Crippen LogP contribution in [-0.2, 0) is 9.59 Å². The van der Waals surface area contributed by atoms with E-state index in [9.17, 15) is 9.59 Å². The predicted octanol–water partition coefficient (Wildman–Crippen LogP) is 0.150. The summed E-state index contributed by atoms with van der Waals surface area (Å²) in [5, 5.41) is 11.3. The van der Waals surface area contributed by atoms with Gasteiger partial charge in [0.2, 0.25) is 11.8 Å². The second-order valence-corrected chi connectivity index (χ2v) is 5.85. The number of carbonyl (C=O) groups is 2. The van der Waals surface area contributed by atoms with Crippen molar-refractivity contribution in [3.8, 4) is 0 Å². The highest BCUT2D eigenvalue weighted by molar-refractivity contribution is 5.86. The minimum absolute atomic E-state index is 0.151. The fourth-order valence-electron chi connectivity index (χ4n) is 1.38. The molecule has 0 radical (unpaired) electrons. The van der Waals surface area contributed by atoms with Crippen molar-refractivity contribution in [3.63, 3.8) is 0 Å². The first-order chi connectivity index (χ1) is 7.47. The Kier molecular flexibility index (Phi) is 5.10. The van der Waals surface area contributed by atoms with Gasteiger partial charge in [-0.3, -0.25) is 14.8 Å². The molecule has 1 atom stereocenters. The molecule has 2 amide bonds. The van der Waals surface area contributed by atoms with E-state index in [1.165, 1.54) is 5.48 Å². The van der Waals surface area contributed by atoms with Crippen LogP contribution >= 0.6 is 0 Å². The summed E-state index contributed by atoms with van der Waals surface area (Å²) >= 11 is 0. The van der Waals surface area contributed by atoms with Crippen LogP contribution in [0.4, 0.5) is 0 Å². The third kappa shape index (κ3) is 6.23. The molecule has 0 saturated heterocycles. The summed E-state index contributed by atoms with van der Waals surface area (Å²) in [6, 6.07) is 0. The molecule has 0 rings (SSSR count). The van der Waals surface area contributed by atoms with Crippen LogP contribution in [0.3, 0.4) is 0 Å². The predicted molar refractivity (Wildman–Crippen MR) is 64.2 cm³/mol. The van der Waals surface area contributed by atoms with Crippen molar-refractivity contribution in [2.75, 3.05) is 0 Å². The zero-order valence-corrected chi connectivity index (χ0v) is 11.1. The highest BCUT2D eigenvalue weighted by Gasteiger charge is 2.35. The van der Waals surface area contributed by atoms with E-state index in [2.05, 4.69) is 5.32 Å². The van der Waals surface area contributed by atoms with Crippen LogP contribution in [0.1, 0.15) is 41.0 Å². The lowest BCUT2D eigenvalue weighted by Gasteiger charge is -2.32. The van der Waals surface area contributed by atoms with Gasteiger partial charge in [0.25, 0.3) is 0 Å². The van der Waals surface area contributed by atoms with Crippen molar-refractivity contribution < 1.29 is 14.8 Å². The molecule has 0 heterocycles. The maximum Gasteiger partial charge on any atom is 0.244 e. The largest absolute Gasteiger partial charge is 0.351 e. The Labute approximate surface area is 102 Å². The van der Waals surface area contributed by atoms with Gasteiger partial charge in [0.05, 0.1) is 5.92 Å². The molecule has 6 nitrogen and oxygen atoms in total. The SMILES string of the molecule is CC(C)(C)NC(=O)C(CC(=O)NO)C(C)(C)N.